The van der Waals surface area contributed by atoms with Crippen LogP contribution in [0.4, 0.5) is 0 Å². The number of allylic oxidation sites excluding steroid dienone is 7. The van der Waals surface area contributed by atoms with E-state index in [2.05, 4.69) is 0 Å². The molecule has 3 N–H and O–H groups in total. The van der Waals surface area contributed by atoms with Gasteiger partial charge in [0.25, 0.3) is 0 Å². The molecule has 278 valence electrons. The van der Waals surface area contributed by atoms with Crippen molar-refractivity contribution < 1.29 is 44.0 Å². The van der Waals surface area contributed by atoms with Gasteiger partial charge in [-0.25, -0.2) is 0 Å². The summed E-state index contributed by atoms with van der Waals surface area (Å²) in [4.78, 5) is 57.1. The maximum atomic E-state index is 14.6. The first-order valence-corrected chi connectivity index (χ1v) is 18.4. The van der Waals surface area contributed by atoms with Gasteiger partial charge >= 0.3 is 5.97 Å². The van der Waals surface area contributed by atoms with Crippen molar-refractivity contribution in [2.45, 2.75) is 149 Å². The molecular weight excluding hydrogens is 636 g/mol. The van der Waals surface area contributed by atoms with Crippen LogP contribution in [-0.2, 0) is 28.7 Å². The third kappa shape index (κ3) is 7.86. The predicted octanol–water partition coefficient (Wildman–Crippen LogP) is 6.09. The summed E-state index contributed by atoms with van der Waals surface area (Å²) in [5.74, 6) is -4.13. The molecule has 0 amide bonds. The zero-order chi connectivity index (χ0) is 37.3. The lowest BCUT2D eigenvalue weighted by atomic mass is 9.53. The van der Waals surface area contributed by atoms with Gasteiger partial charge < -0.3 is 24.8 Å². The molecule has 4 rings (SSSR count). The number of fused-ring (bicyclic) bond motifs is 5. The molecular formula is C41H60O9. The van der Waals surface area contributed by atoms with Crippen LogP contribution in [0.1, 0.15) is 120 Å². The molecule has 2 heterocycles. The average molecular weight is 697 g/mol. The van der Waals surface area contributed by atoms with Gasteiger partial charge in [0, 0.05) is 30.6 Å². The van der Waals surface area contributed by atoms with Crippen molar-refractivity contribution in [2.75, 3.05) is 7.11 Å². The second-order valence-electron chi connectivity index (χ2n) is 16.5. The minimum absolute atomic E-state index is 0.00952. The molecule has 9 nitrogen and oxygen atoms in total. The Labute approximate surface area is 298 Å². The second kappa shape index (κ2) is 15.5. The number of aliphatic hydroxyl groups is 3. The minimum atomic E-state index is -1.71. The highest BCUT2D eigenvalue weighted by Gasteiger charge is 2.60. The second-order valence-corrected chi connectivity index (χ2v) is 16.5. The van der Waals surface area contributed by atoms with E-state index >= 15 is 0 Å². The number of rotatable bonds is 2. The third-order valence-corrected chi connectivity index (χ3v) is 12.4. The van der Waals surface area contributed by atoms with Gasteiger partial charge in [0.15, 0.2) is 11.6 Å². The Kier molecular flexibility index (Phi) is 12.4. The molecule has 0 aromatic rings. The zero-order valence-electron chi connectivity index (χ0n) is 31.6. The molecule has 0 saturated carbocycles. The molecule has 0 aromatic carbocycles. The summed E-state index contributed by atoms with van der Waals surface area (Å²) in [5, 5.41) is 35.0. The molecule has 1 fully saturated rings. The van der Waals surface area contributed by atoms with Crippen LogP contribution < -0.4 is 0 Å². The Bertz CT molecular complexity index is 1480. The number of aliphatic hydroxyl groups excluding tert-OH is 2. The Morgan fingerprint density at radius 1 is 0.960 bits per heavy atom. The molecule has 2 aliphatic heterocycles. The molecule has 0 unspecified atom stereocenters. The van der Waals surface area contributed by atoms with Crippen LogP contribution in [0.2, 0.25) is 0 Å². The topological polar surface area (TPSA) is 147 Å². The largest absolute Gasteiger partial charge is 0.469 e. The van der Waals surface area contributed by atoms with Crippen molar-refractivity contribution in [3.05, 3.63) is 46.1 Å². The maximum absolute atomic E-state index is 14.6. The van der Waals surface area contributed by atoms with E-state index in [4.69, 9.17) is 9.47 Å². The van der Waals surface area contributed by atoms with Crippen LogP contribution in [0.15, 0.2) is 46.1 Å². The first-order valence-electron chi connectivity index (χ1n) is 18.4. The maximum Gasteiger partial charge on any atom is 0.313 e. The predicted molar refractivity (Wildman–Crippen MR) is 191 cm³/mol. The molecule has 9 atom stereocenters. The number of hydrogen-bond donors (Lipinski definition) is 3. The Morgan fingerprint density at radius 3 is 2.28 bits per heavy atom. The van der Waals surface area contributed by atoms with Gasteiger partial charge in [-0.3, -0.25) is 19.2 Å². The Hall–Kier alpha value is -2.72. The average Bonchev–Trinajstić information content (AvgIpc) is 3.47. The summed E-state index contributed by atoms with van der Waals surface area (Å²) in [5.41, 5.74) is -0.648. The molecule has 9 heteroatoms. The fourth-order valence-corrected chi connectivity index (χ4v) is 8.81. The summed E-state index contributed by atoms with van der Waals surface area (Å²) in [6.45, 7) is 14.5. The van der Waals surface area contributed by atoms with Crippen molar-refractivity contribution in [1.29, 1.82) is 0 Å². The summed E-state index contributed by atoms with van der Waals surface area (Å²) in [6, 6.07) is 0. The lowest BCUT2D eigenvalue weighted by molar-refractivity contribution is -0.188. The SMILES string of the molecule is COC(=O)[C@]12CC(=O)[C@H](C(C)C)CC(=O)/C(C)=C\CC/C(C)=C\C(=O)[C@H]1CC(C)=C1C[C@H](O)[C@](C)(O)[C@H]3CC[C@](C)(O3)[C@@H](O)CC/C(C)=C\[C@@H]12. The Morgan fingerprint density at radius 2 is 1.64 bits per heavy atom. The molecule has 0 aromatic heterocycles. The number of carbonyl (C=O) groups excluding carboxylic acids is 4. The van der Waals surface area contributed by atoms with E-state index in [9.17, 15) is 34.5 Å². The molecule has 2 aliphatic carbocycles. The monoisotopic (exact) mass is 696 g/mol. The molecule has 50 heavy (non-hydrogen) atoms. The zero-order valence-corrected chi connectivity index (χ0v) is 31.6. The summed E-state index contributed by atoms with van der Waals surface area (Å²) in [7, 11) is 1.26. The van der Waals surface area contributed by atoms with Crippen LogP contribution in [0.3, 0.4) is 0 Å². The van der Waals surface area contributed by atoms with Gasteiger partial charge in [0.1, 0.15) is 11.4 Å². The standard InChI is InChI=1S/C41H60O9/c1-23(2)28-20-32(42)26(5)12-10-11-24(3)18-33(43)31-19-27(6)29-21-36(46)40(8,48)37-15-16-39(7,50-37)35(45)14-13-25(4)17-30(29)41(31,22-34(28)44)38(47)49-9/h12,17-18,23,28,30-31,35-37,45-46,48H,10-11,13-16,19-22H2,1-9H3/b24-18-,25-17-,26-12-/t28-,30-,31+,35-,36-,37+,39-,40-,41-/m0/s1. The first-order chi connectivity index (χ1) is 23.3. The van der Waals surface area contributed by atoms with Gasteiger partial charge in [-0.2, -0.15) is 0 Å². The van der Waals surface area contributed by atoms with E-state index in [1.54, 1.807) is 13.0 Å². The highest BCUT2D eigenvalue weighted by Crippen LogP contribution is 2.55. The Balaban J connectivity index is 2.00. The smallest absolute Gasteiger partial charge is 0.313 e. The normalized spacial score (nSPS) is 41.5. The van der Waals surface area contributed by atoms with Gasteiger partial charge in [-0.1, -0.05) is 48.3 Å². The summed E-state index contributed by atoms with van der Waals surface area (Å²) in [6.07, 6.45) is 5.05. The fraction of sp³-hybridized carbons (Fsp3) is 0.707. The lowest BCUT2D eigenvalue weighted by Gasteiger charge is -2.48. The number of carbonyl (C=O) groups is 4. The molecule has 0 radical (unpaired) electrons. The fourth-order valence-electron chi connectivity index (χ4n) is 8.81. The van der Waals surface area contributed by atoms with Crippen molar-refractivity contribution >= 4 is 23.3 Å². The number of methoxy groups -OCH3 is 1. The van der Waals surface area contributed by atoms with Crippen LogP contribution in [0.5, 0.6) is 0 Å². The number of esters is 1. The molecule has 2 bridgehead atoms. The van der Waals surface area contributed by atoms with Crippen molar-refractivity contribution in [3.8, 4) is 0 Å². The molecule has 0 spiro atoms. The van der Waals surface area contributed by atoms with Crippen LogP contribution in [0, 0.1) is 29.1 Å². The molecule has 1 saturated heterocycles. The van der Waals surface area contributed by atoms with Crippen molar-refractivity contribution in [3.63, 3.8) is 0 Å². The van der Waals surface area contributed by atoms with Crippen molar-refractivity contribution in [2.24, 2.45) is 29.1 Å². The highest BCUT2D eigenvalue weighted by molar-refractivity contribution is 6.02. The third-order valence-electron chi connectivity index (χ3n) is 12.4. The van der Waals surface area contributed by atoms with Crippen LogP contribution in [0.25, 0.3) is 0 Å². The first kappa shape index (κ1) is 40.1. The van der Waals surface area contributed by atoms with Gasteiger partial charge in [-0.05, 0) is 110 Å². The van der Waals surface area contributed by atoms with E-state index in [1.807, 2.05) is 53.7 Å². The minimum Gasteiger partial charge on any atom is -0.469 e. The van der Waals surface area contributed by atoms with E-state index in [0.29, 0.717) is 49.7 Å². The highest BCUT2D eigenvalue weighted by atomic mass is 16.5. The van der Waals surface area contributed by atoms with Crippen molar-refractivity contribution in [1.82, 2.24) is 0 Å². The van der Waals surface area contributed by atoms with E-state index in [-0.39, 0.29) is 49.0 Å². The van der Waals surface area contributed by atoms with E-state index in [0.717, 1.165) is 16.7 Å². The van der Waals surface area contributed by atoms with Gasteiger partial charge in [0.2, 0.25) is 0 Å². The number of Topliss-reactive ketones (excluding diaryl/α,β-unsaturated/α-hetero) is 2. The molecule has 4 aliphatic rings. The summed E-state index contributed by atoms with van der Waals surface area (Å²) < 4.78 is 11.9. The summed E-state index contributed by atoms with van der Waals surface area (Å²) >= 11 is 0. The van der Waals surface area contributed by atoms with E-state index < -0.39 is 58.7 Å². The number of hydrogen-bond acceptors (Lipinski definition) is 9. The number of ether oxygens (including phenoxy) is 2. The lowest BCUT2D eigenvalue weighted by Crippen LogP contribution is -2.55. The quantitative estimate of drug-likeness (QED) is 0.231. The number of ketones is 3. The van der Waals surface area contributed by atoms with E-state index in [1.165, 1.54) is 14.0 Å². The van der Waals surface area contributed by atoms with Gasteiger partial charge in [-0.15, -0.1) is 0 Å². The van der Waals surface area contributed by atoms with Crippen LogP contribution in [-0.4, -0.2) is 75.3 Å². The van der Waals surface area contributed by atoms with Crippen LogP contribution >= 0.6 is 0 Å². The van der Waals surface area contributed by atoms with Gasteiger partial charge in [0.05, 0.1) is 36.4 Å².